The standard InChI is InChI=1S/C20H18N2O4/c1-13(19(25)22-15-8-4-3-5-9-15)12-18(24)16-10-6-7-11-17(16)20(26)21-14(2)23/h3-11H,1,12H2,2H3,(H,22,25)(H,21,23,26). The van der Waals surface area contributed by atoms with Gasteiger partial charge in [-0.2, -0.15) is 0 Å². The van der Waals surface area contributed by atoms with Gasteiger partial charge in [-0.1, -0.05) is 43.0 Å². The van der Waals surface area contributed by atoms with Crippen molar-refractivity contribution in [3.63, 3.8) is 0 Å². The predicted octanol–water partition coefficient (Wildman–Crippen LogP) is 2.73. The summed E-state index contributed by atoms with van der Waals surface area (Å²) in [4.78, 5) is 47.8. The summed E-state index contributed by atoms with van der Waals surface area (Å²) >= 11 is 0. The molecule has 0 aromatic heterocycles. The fraction of sp³-hybridized carbons (Fsp3) is 0.100. The summed E-state index contributed by atoms with van der Waals surface area (Å²) in [6.07, 6.45) is -0.247. The van der Waals surface area contributed by atoms with Crippen LogP contribution in [0.3, 0.4) is 0 Å². The molecular formula is C20H18N2O4. The first-order valence-electron chi connectivity index (χ1n) is 7.87. The molecule has 132 valence electrons. The third-order valence-electron chi connectivity index (χ3n) is 3.49. The highest BCUT2D eigenvalue weighted by atomic mass is 16.2. The van der Waals surface area contributed by atoms with Gasteiger partial charge >= 0.3 is 0 Å². The molecule has 6 heteroatoms. The van der Waals surface area contributed by atoms with Gasteiger partial charge in [0.2, 0.25) is 5.91 Å². The van der Waals surface area contributed by atoms with Gasteiger partial charge in [-0.05, 0) is 18.2 Å². The number of hydrogen-bond acceptors (Lipinski definition) is 4. The average molecular weight is 350 g/mol. The molecule has 6 nitrogen and oxygen atoms in total. The first kappa shape index (κ1) is 18.8. The number of Topliss-reactive ketones (excluding diaryl/α,β-unsaturated/α-hetero) is 1. The minimum Gasteiger partial charge on any atom is -0.322 e. The molecule has 2 rings (SSSR count). The Morgan fingerprint density at radius 3 is 2.08 bits per heavy atom. The van der Waals surface area contributed by atoms with Crippen molar-refractivity contribution in [3.05, 3.63) is 77.9 Å². The number of rotatable bonds is 6. The zero-order valence-electron chi connectivity index (χ0n) is 14.2. The number of carbonyl (C=O) groups is 4. The molecule has 3 amide bonds. The number of nitrogens with one attached hydrogen (secondary N) is 2. The van der Waals surface area contributed by atoms with Crippen LogP contribution in [0.4, 0.5) is 5.69 Å². The normalized spacial score (nSPS) is 9.88. The Kier molecular flexibility index (Phi) is 6.16. The molecule has 0 unspecified atom stereocenters. The van der Waals surface area contributed by atoms with Gasteiger partial charge in [0.1, 0.15) is 0 Å². The minimum atomic E-state index is -0.666. The predicted molar refractivity (Wildman–Crippen MR) is 97.7 cm³/mol. The molecule has 2 N–H and O–H groups in total. The molecule has 2 aromatic rings. The third kappa shape index (κ3) is 4.98. The molecule has 0 aliphatic carbocycles. The Bertz CT molecular complexity index is 872. The van der Waals surface area contributed by atoms with Crippen molar-refractivity contribution in [2.75, 3.05) is 5.32 Å². The molecule has 0 aliphatic heterocycles. The summed E-state index contributed by atoms with van der Waals surface area (Å²) in [5.74, 6) is -2.10. The fourth-order valence-electron chi connectivity index (χ4n) is 2.26. The topological polar surface area (TPSA) is 92.3 Å². The highest BCUT2D eigenvalue weighted by Crippen LogP contribution is 2.15. The van der Waals surface area contributed by atoms with E-state index < -0.39 is 23.5 Å². The largest absolute Gasteiger partial charge is 0.322 e. The quantitative estimate of drug-likeness (QED) is 0.619. The first-order valence-corrected chi connectivity index (χ1v) is 7.87. The number of ketones is 1. The number of para-hydroxylation sites is 1. The lowest BCUT2D eigenvalue weighted by Gasteiger charge is -2.10. The Labute approximate surface area is 150 Å². The van der Waals surface area contributed by atoms with E-state index in [0.29, 0.717) is 5.69 Å². The van der Waals surface area contributed by atoms with Crippen LogP contribution >= 0.6 is 0 Å². The lowest BCUT2D eigenvalue weighted by atomic mass is 9.98. The average Bonchev–Trinajstić information content (AvgIpc) is 2.61. The maximum atomic E-state index is 12.5. The fourth-order valence-corrected chi connectivity index (χ4v) is 2.26. The summed E-state index contributed by atoms with van der Waals surface area (Å²) in [5.41, 5.74) is 0.858. The van der Waals surface area contributed by atoms with Crippen molar-refractivity contribution >= 4 is 29.2 Å². The second-order valence-electron chi connectivity index (χ2n) is 5.58. The van der Waals surface area contributed by atoms with Crippen molar-refractivity contribution < 1.29 is 19.2 Å². The van der Waals surface area contributed by atoms with E-state index in [1.54, 1.807) is 36.4 Å². The van der Waals surface area contributed by atoms with Crippen LogP contribution in [0.5, 0.6) is 0 Å². The monoisotopic (exact) mass is 350 g/mol. The van der Waals surface area contributed by atoms with E-state index in [4.69, 9.17) is 0 Å². The maximum Gasteiger partial charge on any atom is 0.258 e. The van der Waals surface area contributed by atoms with Gasteiger partial charge in [-0.15, -0.1) is 0 Å². The van der Waals surface area contributed by atoms with E-state index in [9.17, 15) is 19.2 Å². The molecule has 0 atom stereocenters. The maximum absolute atomic E-state index is 12.5. The lowest BCUT2D eigenvalue weighted by molar-refractivity contribution is -0.118. The molecule has 0 spiro atoms. The van der Waals surface area contributed by atoms with E-state index in [1.165, 1.54) is 19.1 Å². The Hall–Kier alpha value is -3.54. The Morgan fingerprint density at radius 1 is 0.885 bits per heavy atom. The number of carbonyl (C=O) groups excluding carboxylic acids is 4. The van der Waals surface area contributed by atoms with E-state index in [0.717, 1.165) is 0 Å². The summed E-state index contributed by atoms with van der Waals surface area (Å²) in [7, 11) is 0. The van der Waals surface area contributed by atoms with Crippen molar-refractivity contribution in [2.24, 2.45) is 0 Å². The van der Waals surface area contributed by atoms with Crippen molar-refractivity contribution in [1.29, 1.82) is 0 Å². The van der Waals surface area contributed by atoms with Crippen molar-refractivity contribution in [2.45, 2.75) is 13.3 Å². The second-order valence-corrected chi connectivity index (χ2v) is 5.58. The molecule has 0 saturated heterocycles. The molecule has 2 aromatic carbocycles. The highest BCUT2D eigenvalue weighted by molar-refractivity contribution is 6.14. The van der Waals surface area contributed by atoms with E-state index >= 15 is 0 Å². The van der Waals surface area contributed by atoms with E-state index in [1.807, 2.05) is 6.07 Å². The van der Waals surface area contributed by atoms with Crippen LogP contribution in [0.15, 0.2) is 66.7 Å². The van der Waals surface area contributed by atoms with Gasteiger partial charge in [-0.25, -0.2) is 0 Å². The molecule has 0 heterocycles. The number of amides is 3. The van der Waals surface area contributed by atoms with Gasteiger partial charge < -0.3 is 5.32 Å². The van der Waals surface area contributed by atoms with E-state index in [2.05, 4.69) is 17.2 Å². The summed E-state index contributed by atoms with van der Waals surface area (Å²) < 4.78 is 0. The SMILES string of the molecule is C=C(CC(=O)c1ccccc1C(=O)NC(C)=O)C(=O)Nc1ccccc1. The van der Waals surface area contributed by atoms with Crippen LogP contribution in [0.2, 0.25) is 0 Å². The smallest absolute Gasteiger partial charge is 0.258 e. The summed E-state index contributed by atoms with van der Waals surface area (Å²) in [6, 6.07) is 14.9. The van der Waals surface area contributed by atoms with Gasteiger partial charge in [0.25, 0.3) is 11.8 Å². The van der Waals surface area contributed by atoms with Crippen molar-refractivity contribution in [3.8, 4) is 0 Å². The zero-order valence-corrected chi connectivity index (χ0v) is 14.2. The summed E-state index contributed by atoms with van der Waals surface area (Å²) in [5, 5.41) is 4.78. The van der Waals surface area contributed by atoms with Crippen LogP contribution in [-0.4, -0.2) is 23.5 Å². The number of imide groups is 1. The zero-order chi connectivity index (χ0) is 19.1. The number of benzene rings is 2. The van der Waals surface area contributed by atoms with Crippen LogP contribution in [0, 0.1) is 0 Å². The van der Waals surface area contributed by atoms with Crippen LogP contribution < -0.4 is 10.6 Å². The third-order valence-corrected chi connectivity index (χ3v) is 3.49. The molecule has 0 aliphatic rings. The Morgan fingerprint density at radius 2 is 1.46 bits per heavy atom. The minimum absolute atomic E-state index is 0.0700. The first-order chi connectivity index (χ1) is 12.4. The molecular weight excluding hydrogens is 332 g/mol. The van der Waals surface area contributed by atoms with Crippen LogP contribution in [0.25, 0.3) is 0 Å². The number of hydrogen-bond donors (Lipinski definition) is 2. The molecule has 26 heavy (non-hydrogen) atoms. The lowest BCUT2D eigenvalue weighted by Crippen LogP contribution is -2.29. The molecule has 0 saturated carbocycles. The van der Waals surface area contributed by atoms with Crippen molar-refractivity contribution in [1.82, 2.24) is 5.32 Å². The van der Waals surface area contributed by atoms with Gasteiger partial charge in [-0.3, -0.25) is 24.5 Å². The molecule has 0 radical (unpaired) electrons. The van der Waals surface area contributed by atoms with Gasteiger partial charge in [0.05, 0.1) is 5.56 Å². The molecule has 0 bridgehead atoms. The van der Waals surface area contributed by atoms with Crippen LogP contribution in [-0.2, 0) is 9.59 Å². The van der Waals surface area contributed by atoms with Crippen LogP contribution in [0.1, 0.15) is 34.1 Å². The second kappa shape index (κ2) is 8.53. The number of anilines is 1. The van der Waals surface area contributed by atoms with Gasteiger partial charge in [0, 0.05) is 30.2 Å². The summed E-state index contributed by atoms with van der Waals surface area (Å²) in [6.45, 7) is 4.86. The Balaban J connectivity index is 2.10. The molecule has 0 fully saturated rings. The van der Waals surface area contributed by atoms with Gasteiger partial charge in [0.15, 0.2) is 5.78 Å². The highest BCUT2D eigenvalue weighted by Gasteiger charge is 2.20. The van der Waals surface area contributed by atoms with E-state index in [-0.39, 0.29) is 23.1 Å².